The maximum Gasteiger partial charge on any atom is 0.255 e. The van der Waals surface area contributed by atoms with Crippen molar-refractivity contribution in [1.82, 2.24) is 5.32 Å². The van der Waals surface area contributed by atoms with Crippen LogP contribution >= 0.6 is 0 Å². The zero-order valence-corrected chi connectivity index (χ0v) is 14.7. The van der Waals surface area contributed by atoms with E-state index in [0.29, 0.717) is 22.7 Å². The van der Waals surface area contributed by atoms with Gasteiger partial charge in [0.2, 0.25) is 11.8 Å². The average molecular weight is 355 g/mol. The minimum absolute atomic E-state index is 0.133. The van der Waals surface area contributed by atoms with Crippen molar-refractivity contribution in [3.8, 4) is 5.75 Å². The number of benzene rings is 2. The Kier molecular flexibility index (Phi) is 6.73. The van der Waals surface area contributed by atoms with Crippen LogP contribution in [0.15, 0.2) is 48.5 Å². The number of carbonyl (C=O) groups excluding carboxylic acids is 3. The molecule has 0 aliphatic carbocycles. The summed E-state index contributed by atoms with van der Waals surface area (Å²) in [5.41, 5.74) is 1.68. The van der Waals surface area contributed by atoms with Gasteiger partial charge in [-0.05, 0) is 36.4 Å². The normalized spacial score (nSPS) is 9.92. The molecule has 7 nitrogen and oxygen atoms in total. The zero-order valence-electron chi connectivity index (χ0n) is 14.7. The molecule has 3 N–H and O–H groups in total. The van der Waals surface area contributed by atoms with Crippen LogP contribution in [0.25, 0.3) is 0 Å². The third kappa shape index (κ3) is 5.62. The van der Waals surface area contributed by atoms with Crippen LogP contribution in [0.3, 0.4) is 0 Å². The first-order chi connectivity index (χ1) is 12.5. The molecular weight excluding hydrogens is 334 g/mol. The van der Waals surface area contributed by atoms with Crippen LogP contribution in [0.5, 0.6) is 5.75 Å². The predicted octanol–water partition coefficient (Wildman–Crippen LogP) is 2.41. The number of para-hydroxylation sites is 1. The fourth-order valence-corrected chi connectivity index (χ4v) is 2.28. The number of carbonyl (C=O) groups is 3. The molecule has 2 aromatic rings. The summed E-state index contributed by atoms with van der Waals surface area (Å²) < 4.78 is 5.14. The van der Waals surface area contributed by atoms with E-state index in [4.69, 9.17) is 4.74 Å². The van der Waals surface area contributed by atoms with Crippen LogP contribution in [-0.4, -0.2) is 31.4 Å². The summed E-state index contributed by atoms with van der Waals surface area (Å²) in [6.45, 7) is 1.63. The molecule has 7 heteroatoms. The summed E-state index contributed by atoms with van der Waals surface area (Å²) >= 11 is 0. The van der Waals surface area contributed by atoms with Crippen LogP contribution in [0, 0.1) is 0 Å². The highest BCUT2D eigenvalue weighted by molar-refractivity contribution is 5.97. The van der Waals surface area contributed by atoms with Gasteiger partial charge in [-0.2, -0.15) is 0 Å². The molecule has 0 bridgehead atoms. The largest absolute Gasteiger partial charge is 0.496 e. The Bertz CT molecular complexity index is 788. The molecule has 0 fully saturated rings. The predicted molar refractivity (Wildman–Crippen MR) is 99.3 cm³/mol. The molecule has 2 rings (SSSR count). The van der Waals surface area contributed by atoms with Gasteiger partial charge in [0, 0.05) is 31.3 Å². The van der Waals surface area contributed by atoms with Gasteiger partial charge in [-0.15, -0.1) is 0 Å². The second kappa shape index (κ2) is 9.22. The minimum Gasteiger partial charge on any atom is -0.496 e. The topological polar surface area (TPSA) is 96.5 Å². The first-order valence-corrected chi connectivity index (χ1v) is 8.08. The second-order valence-electron chi connectivity index (χ2n) is 5.51. The molecule has 0 atom stereocenters. The van der Waals surface area contributed by atoms with Gasteiger partial charge in [-0.25, -0.2) is 0 Å². The Morgan fingerprint density at radius 2 is 1.54 bits per heavy atom. The Hall–Kier alpha value is -3.35. The van der Waals surface area contributed by atoms with Gasteiger partial charge < -0.3 is 20.7 Å². The molecule has 0 aliphatic heterocycles. The standard InChI is InChI=1S/C19H21N3O4/c1-13(23)21-14-7-9-15(10-8-14)22-18(24)11-12-20-19(25)16-5-3-4-6-17(16)26-2/h3-10H,11-12H2,1-2H3,(H,20,25)(H,21,23)(H,22,24). The van der Waals surface area contributed by atoms with E-state index in [1.54, 1.807) is 48.5 Å². The lowest BCUT2D eigenvalue weighted by Crippen LogP contribution is -2.28. The molecule has 136 valence electrons. The Labute approximate surface area is 151 Å². The number of ether oxygens (including phenoxy) is 1. The zero-order chi connectivity index (χ0) is 18.9. The minimum atomic E-state index is -0.296. The molecule has 2 aromatic carbocycles. The monoisotopic (exact) mass is 355 g/mol. The Morgan fingerprint density at radius 1 is 0.923 bits per heavy atom. The van der Waals surface area contributed by atoms with Crippen molar-refractivity contribution in [2.45, 2.75) is 13.3 Å². The van der Waals surface area contributed by atoms with E-state index < -0.39 is 0 Å². The van der Waals surface area contributed by atoms with E-state index in [-0.39, 0.29) is 30.7 Å². The van der Waals surface area contributed by atoms with Crippen molar-refractivity contribution in [2.75, 3.05) is 24.3 Å². The smallest absolute Gasteiger partial charge is 0.255 e. The Balaban J connectivity index is 1.80. The van der Waals surface area contributed by atoms with Gasteiger partial charge >= 0.3 is 0 Å². The van der Waals surface area contributed by atoms with Crippen LogP contribution in [0.2, 0.25) is 0 Å². The summed E-state index contributed by atoms with van der Waals surface area (Å²) in [6.07, 6.45) is 0.133. The van der Waals surface area contributed by atoms with Crippen molar-refractivity contribution >= 4 is 29.1 Å². The van der Waals surface area contributed by atoms with Crippen molar-refractivity contribution in [3.63, 3.8) is 0 Å². The van der Waals surface area contributed by atoms with E-state index in [1.807, 2.05) is 0 Å². The van der Waals surface area contributed by atoms with Crippen molar-refractivity contribution in [3.05, 3.63) is 54.1 Å². The van der Waals surface area contributed by atoms with Crippen LogP contribution in [0.1, 0.15) is 23.7 Å². The van der Waals surface area contributed by atoms with Gasteiger partial charge in [0.1, 0.15) is 5.75 Å². The summed E-state index contributed by atoms with van der Waals surface area (Å²) in [5, 5.41) is 8.07. The van der Waals surface area contributed by atoms with Gasteiger partial charge in [0.05, 0.1) is 12.7 Å². The third-order valence-electron chi connectivity index (χ3n) is 3.48. The van der Waals surface area contributed by atoms with Crippen molar-refractivity contribution in [2.24, 2.45) is 0 Å². The van der Waals surface area contributed by atoms with Gasteiger partial charge in [0.15, 0.2) is 0 Å². The van der Waals surface area contributed by atoms with Crippen LogP contribution < -0.4 is 20.7 Å². The molecule has 0 radical (unpaired) electrons. The third-order valence-corrected chi connectivity index (χ3v) is 3.48. The second-order valence-corrected chi connectivity index (χ2v) is 5.51. The van der Waals surface area contributed by atoms with Gasteiger partial charge in [-0.3, -0.25) is 14.4 Å². The Morgan fingerprint density at radius 3 is 2.15 bits per heavy atom. The van der Waals surface area contributed by atoms with E-state index >= 15 is 0 Å². The maximum absolute atomic E-state index is 12.1. The number of rotatable bonds is 7. The summed E-state index contributed by atoms with van der Waals surface area (Å²) in [7, 11) is 1.50. The first-order valence-electron chi connectivity index (χ1n) is 8.08. The lowest BCUT2D eigenvalue weighted by molar-refractivity contribution is -0.116. The fourth-order valence-electron chi connectivity index (χ4n) is 2.28. The first kappa shape index (κ1) is 19.0. The quantitative estimate of drug-likeness (QED) is 0.710. The lowest BCUT2D eigenvalue weighted by atomic mass is 10.2. The molecule has 26 heavy (non-hydrogen) atoms. The van der Waals surface area contributed by atoms with E-state index in [1.165, 1.54) is 14.0 Å². The van der Waals surface area contributed by atoms with E-state index in [0.717, 1.165) is 0 Å². The molecule has 0 saturated carbocycles. The summed E-state index contributed by atoms with van der Waals surface area (Å²) in [6, 6.07) is 13.7. The molecule has 0 aromatic heterocycles. The highest BCUT2D eigenvalue weighted by Crippen LogP contribution is 2.17. The van der Waals surface area contributed by atoms with Crippen molar-refractivity contribution in [1.29, 1.82) is 0 Å². The number of amides is 3. The molecule has 0 unspecified atom stereocenters. The number of methoxy groups -OCH3 is 1. The highest BCUT2D eigenvalue weighted by Gasteiger charge is 2.11. The molecule has 3 amide bonds. The maximum atomic E-state index is 12.1. The molecule has 0 heterocycles. The summed E-state index contributed by atoms with van der Waals surface area (Å²) in [5.74, 6) is -0.200. The number of nitrogens with one attached hydrogen (secondary N) is 3. The van der Waals surface area contributed by atoms with E-state index in [9.17, 15) is 14.4 Å². The molecule has 0 aliphatic rings. The molecule has 0 saturated heterocycles. The SMILES string of the molecule is COc1ccccc1C(=O)NCCC(=O)Nc1ccc(NC(C)=O)cc1. The van der Waals surface area contributed by atoms with Gasteiger partial charge in [0.25, 0.3) is 5.91 Å². The number of hydrogen-bond acceptors (Lipinski definition) is 4. The average Bonchev–Trinajstić information content (AvgIpc) is 2.62. The van der Waals surface area contributed by atoms with Crippen LogP contribution in [-0.2, 0) is 9.59 Å². The fraction of sp³-hybridized carbons (Fsp3) is 0.211. The number of anilines is 2. The summed E-state index contributed by atoms with van der Waals surface area (Å²) in [4.78, 5) is 35.1. The highest BCUT2D eigenvalue weighted by atomic mass is 16.5. The lowest BCUT2D eigenvalue weighted by Gasteiger charge is -2.10. The van der Waals surface area contributed by atoms with E-state index in [2.05, 4.69) is 16.0 Å². The molecule has 0 spiro atoms. The van der Waals surface area contributed by atoms with Crippen LogP contribution in [0.4, 0.5) is 11.4 Å². The number of hydrogen-bond donors (Lipinski definition) is 3. The van der Waals surface area contributed by atoms with Gasteiger partial charge in [-0.1, -0.05) is 12.1 Å². The molecular formula is C19H21N3O4. The van der Waals surface area contributed by atoms with Crippen molar-refractivity contribution < 1.29 is 19.1 Å².